The van der Waals surface area contributed by atoms with E-state index in [4.69, 9.17) is 9.15 Å². The second-order valence-electron chi connectivity index (χ2n) is 7.63. The molecule has 0 spiro atoms. The number of benzene rings is 1. The van der Waals surface area contributed by atoms with E-state index in [1.54, 1.807) is 6.92 Å². The van der Waals surface area contributed by atoms with Gasteiger partial charge in [-0.3, -0.25) is 0 Å². The number of sulfone groups is 1. The van der Waals surface area contributed by atoms with Crippen LogP contribution in [0.15, 0.2) is 33.6 Å². The fraction of sp³-hybridized carbons (Fsp3) is 0.579. The lowest BCUT2D eigenvalue weighted by Gasteiger charge is -2.38. The highest BCUT2D eigenvalue weighted by Gasteiger charge is 2.49. The molecule has 2 aliphatic rings. The molecule has 4 rings (SSSR count). The Bertz CT molecular complexity index is 1000. The fourth-order valence-electron chi connectivity index (χ4n) is 3.76. The van der Waals surface area contributed by atoms with Crippen LogP contribution in [-0.2, 0) is 20.8 Å². The van der Waals surface area contributed by atoms with Gasteiger partial charge in [-0.2, -0.15) is 13.2 Å². The van der Waals surface area contributed by atoms with Gasteiger partial charge < -0.3 is 9.15 Å². The lowest BCUT2D eigenvalue weighted by molar-refractivity contribution is -0.137. The van der Waals surface area contributed by atoms with Gasteiger partial charge in [0.1, 0.15) is 6.10 Å². The van der Waals surface area contributed by atoms with Crippen LogP contribution in [0, 0.1) is 0 Å². The summed E-state index contributed by atoms with van der Waals surface area (Å²) < 4.78 is 76.2. The average molecular weight is 430 g/mol. The second kappa shape index (κ2) is 7.09. The molecule has 1 saturated carbocycles. The van der Waals surface area contributed by atoms with Gasteiger partial charge in [-0.1, -0.05) is 13.0 Å². The number of alkyl halides is 3. The molecule has 2 fully saturated rings. The van der Waals surface area contributed by atoms with E-state index in [1.165, 1.54) is 6.07 Å². The molecule has 2 atom stereocenters. The summed E-state index contributed by atoms with van der Waals surface area (Å²) in [6, 6.07) is 3.90. The lowest BCUT2D eigenvalue weighted by atomic mass is 9.92. The first-order chi connectivity index (χ1) is 13.7. The topological polar surface area (TPSA) is 82.3 Å². The Hall–Kier alpha value is -1.94. The Morgan fingerprint density at radius 3 is 2.59 bits per heavy atom. The van der Waals surface area contributed by atoms with Crippen molar-refractivity contribution in [3.05, 3.63) is 41.6 Å². The van der Waals surface area contributed by atoms with Crippen molar-refractivity contribution in [2.24, 2.45) is 0 Å². The molecule has 1 unspecified atom stereocenters. The smallest absolute Gasteiger partial charge is 0.416 e. The summed E-state index contributed by atoms with van der Waals surface area (Å²) >= 11 is 0. The highest BCUT2D eigenvalue weighted by atomic mass is 32.2. The van der Waals surface area contributed by atoms with Gasteiger partial charge >= 0.3 is 6.18 Å². The summed E-state index contributed by atoms with van der Waals surface area (Å²) in [5.41, 5.74) is -0.987. The summed E-state index contributed by atoms with van der Waals surface area (Å²) in [7, 11) is -4.06. The monoisotopic (exact) mass is 430 g/mol. The quantitative estimate of drug-likeness (QED) is 0.698. The van der Waals surface area contributed by atoms with Crippen molar-refractivity contribution in [2.45, 2.75) is 66.9 Å². The largest absolute Gasteiger partial charge is 0.422 e. The predicted molar refractivity (Wildman–Crippen MR) is 95.9 cm³/mol. The summed E-state index contributed by atoms with van der Waals surface area (Å²) in [5, 5.41) is 8.03. The van der Waals surface area contributed by atoms with Crippen LogP contribution in [0.3, 0.4) is 0 Å². The van der Waals surface area contributed by atoms with Gasteiger partial charge in [0, 0.05) is 18.9 Å². The van der Waals surface area contributed by atoms with E-state index in [9.17, 15) is 21.6 Å². The maximum atomic E-state index is 13.4. The molecule has 1 aromatic heterocycles. The number of nitrogens with zero attached hydrogens (tertiary/aromatic N) is 2. The van der Waals surface area contributed by atoms with Crippen LogP contribution < -0.4 is 0 Å². The number of hydrogen-bond acceptors (Lipinski definition) is 6. The van der Waals surface area contributed by atoms with Gasteiger partial charge in [0.15, 0.2) is 9.84 Å². The first-order valence-electron chi connectivity index (χ1n) is 9.53. The van der Waals surface area contributed by atoms with Crippen LogP contribution in [0.25, 0.3) is 0 Å². The Balaban J connectivity index is 1.66. The van der Waals surface area contributed by atoms with Crippen LogP contribution >= 0.6 is 0 Å². The molecule has 2 aromatic rings. The minimum atomic E-state index is -4.62. The molecule has 10 heteroatoms. The molecule has 158 valence electrons. The van der Waals surface area contributed by atoms with Crippen molar-refractivity contribution < 1.29 is 30.7 Å². The maximum Gasteiger partial charge on any atom is 0.416 e. The van der Waals surface area contributed by atoms with Gasteiger partial charge in [-0.15, -0.1) is 10.2 Å². The zero-order chi connectivity index (χ0) is 20.9. The van der Waals surface area contributed by atoms with Crippen LogP contribution in [0.4, 0.5) is 13.2 Å². The predicted octanol–water partition coefficient (Wildman–Crippen LogP) is 4.44. The first-order valence-corrected chi connectivity index (χ1v) is 11.0. The average Bonchev–Trinajstić information content (AvgIpc) is 3.44. The highest BCUT2D eigenvalue weighted by Crippen LogP contribution is 2.46. The van der Waals surface area contributed by atoms with Crippen LogP contribution in [0.5, 0.6) is 0 Å². The van der Waals surface area contributed by atoms with E-state index in [0.717, 1.165) is 25.0 Å². The molecular formula is C19H21F3N2O4S. The van der Waals surface area contributed by atoms with Gasteiger partial charge in [0.05, 0.1) is 15.2 Å². The third-order valence-electron chi connectivity index (χ3n) is 5.78. The summed E-state index contributed by atoms with van der Waals surface area (Å²) in [4.78, 5) is -0.334. The Morgan fingerprint density at radius 1 is 1.21 bits per heavy atom. The lowest BCUT2D eigenvalue weighted by Crippen LogP contribution is -2.44. The third-order valence-corrected chi connectivity index (χ3v) is 8.45. The van der Waals surface area contributed by atoms with Gasteiger partial charge in [-0.05, 0) is 43.9 Å². The molecule has 1 saturated heterocycles. The van der Waals surface area contributed by atoms with E-state index in [1.807, 2.05) is 0 Å². The van der Waals surface area contributed by atoms with Crippen molar-refractivity contribution in [3.63, 3.8) is 0 Å². The minimum Gasteiger partial charge on any atom is -0.422 e. The van der Waals surface area contributed by atoms with Crippen molar-refractivity contribution >= 4 is 9.84 Å². The molecule has 1 aliphatic carbocycles. The molecule has 29 heavy (non-hydrogen) atoms. The number of ether oxygens (including phenoxy) is 1. The zero-order valence-corrected chi connectivity index (χ0v) is 16.6. The molecular weight excluding hydrogens is 409 g/mol. The Kier molecular flexibility index (Phi) is 4.97. The number of halogens is 3. The van der Waals surface area contributed by atoms with E-state index in [2.05, 4.69) is 10.2 Å². The summed E-state index contributed by atoms with van der Waals surface area (Å²) in [5.74, 6) is 1.00. The van der Waals surface area contributed by atoms with Crippen molar-refractivity contribution in [3.8, 4) is 0 Å². The number of aromatic nitrogens is 2. The first kappa shape index (κ1) is 20.3. The molecule has 0 radical (unpaired) electrons. The molecule has 0 N–H and O–H groups in total. The molecule has 1 aromatic carbocycles. The zero-order valence-electron chi connectivity index (χ0n) is 15.8. The standard InChI is InChI=1S/C19H21F3N2O4S/c1-2-18(29(25,26)14-5-3-4-13(10-14)19(20,21)22)8-9-27-15(11-18)17-24-23-16(28-17)12-6-7-12/h3-5,10,12,15H,2,6-9,11H2,1H3/t15?,18-/m1/s1. The summed E-state index contributed by atoms with van der Waals surface area (Å²) in [6.07, 6.45) is -2.90. The highest BCUT2D eigenvalue weighted by molar-refractivity contribution is 7.92. The Labute approximate surface area is 166 Å². The number of rotatable bonds is 5. The van der Waals surface area contributed by atoms with Crippen LogP contribution in [-0.4, -0.2) is 30.0 Å². The third kappa shape index (κ3) is 3.68. The van der Waals surface area contributed by atoms with Gasteiger partial charge in [0.2, 0.25) is 11.8 Å². The molecule has 1 aliphatic heterocycles. The summed E-state index contributed by atoms with van der Waals surface area (Å²) in [6.45, 7) is 1.86. The van der Waals surface area contributed by atoms with Gasteiger partial charge in [0.25, 0.3) is 0 Å². The van der Waals surface area contributed by atoms with E-state index in [-0.39, 0.29) is 42.6 Å². The van der Waals surface area contributed by atoms with E-state index in [0.29, 0.717) is 12.0 Å². The van der Waals surface area contributed by atoms with Crippen molar-refractivity contribution in [2.75, 3.05) is 6.61 Å². The van der Waals surface area contributed by atoms with Crippen LogP contribution in [0.2, 0.25) is 0 Å². The maximum absolute atomic E-state index is 13.4. The minimum absolute atomic E-state index is 0.0500. The molecule has 0 bridgehead atoms. The molecule has 2 heterocycles. The molecule has 6 nitrogen and oxygen atoms in total. The Morgan fingerprint density at radius 2 is 1.93 bits per heavy atom. The van der Waals surface area contributed by atoms with Crippen molar-refractivity contribution in [1.82, 2.24) is 10.2 Å². The van der Waals surface area contributed by atoms with Crippen LogP contribution in [0.1, 0.15) is 68.4 Å². The normalized spacial score (nSPS) is 25.9. The SMILES string of the molecule is CC[C@@]1(S(=O)(=O)c2cccc(C(F)(F)F)c2)CCOC(c2nnc(C3CC3)o2)C1. The fourth-order valence-corrected chi connectivity index (χ4v) is 5.90. The number of hydrogen-bond donors (Lipinski definition) is 0. The van der Waals surface area contributed by atoms with Crippen molar-refractivity contribution in [1.29, 1.82) is 0 Å². The van der Waals surface area contributed by atoms with Gasteiger partial charge in [-0.25, -0.2) is 8.42 Å². The van der Waals surface area contributed by atoms with E-state index >= 15 is 0 Å². The second-order valence-corrected chi connectivity index (χ2v) is 9.98. The van der Waals surface area contributed by atoms with E-state index < -0.39 is 32.4 Å². The molecule has 0 amide bonds.